The van der Waals surface area contributed by atoms with Gasteiger partial charge in [0, 0.05) is 18.7 Å². The van der Waals surface area contributed by atoms with Crippen molar-refractivity contribution in [3.05, 3.63) is 75.8 Å². The molecular formula is C32H36N2O5. The van der Waals surface area contributed by atoms with Crippen LogP contribution in [0.1, 0.15) is 72.9 Å². The van der Waals surface area contributed by atoms with Crippen LogP contribution in [0, 0.1) is 5.92 Å². The Morgan fingerprint density at radius 1 is 1.05 bits per heavy atom. The molecule has 204 valence electrons. The third-order valence-corrected chi connectivity index (χ3v) is 9.05. The number of hydrogen-bond acceptors (Lipinski definition) is 6. The number of aromatic nitrogens is 1. The molecule has 7 nitrogen and oxygen atoms in total. The van der Waals surface area contributed by atoms with Crippen LogP contribution >= 0.6 is 0 Å². The lowest BCUT2D eigenvalue weighted by atomic mass is 9.69. The van der Waals surface area contributed by atoms with E-state index in [1.54, 1.807) is 22.8 Å². The average molecular weight is 529 g/mol. The molecule has 0 radical (unpaired) electrons. The van der Waals surface area contributed by atoms with Crippen molar-refractivity contribution in [1.29, 1.82) is 0 Å². The number of esters is 1. The third-order valence-electron chi connectivity index (χ3n) is 9.05. The Balaban J connectivity index is 1.17. The van der Waals surface area contributed by atoms with E-state index in [9.17, 15) is 14.4 Å². The predicted molar refractivity (Wildman–Crippen MR) is 150 cm³/mol. The monoisotopic (exact) mass is 528 g/mol. The van der Waals surface area contributed by atoms with Gasteiger partial charge < -0.3 is 9.15 Å². The lowest BCUT2D eigenvalue weighted by molar-refractivity contribution is -0.167. The van der Waals surface area contributed by atoms with Gasteiger partial charge in [-0.05, 0) is 80.4 Å². The Bertz CT molecular complexity index is 1440. The highest BCUT2D eigenvalue weighted by Gasteiger charge is 2.45. The number of allylic oxidation sites excluding steroid dienone is 1. The SMILES string of the molecule is O=Cc1ccc2c(c1)oc(=O)n2CC/C=C/c1cccc(C2(C(=O)O[C@H]3CN4CCC3CC4)CCCCC2)c1. The largest absolute Gasteiger partial charge is 0.460 e. The zero-order chi connectivity index (χ0) is 26.8. The highest BCUT2D eigenvalue weighted by molar-refractivity contribution is 5.84. The van der Waals surface area contributed by atoms with E-state index in [0.717, 1.165) is 82.0 Å². The number of rotatable bonds is 8. The van der Waals surface area contributed by atoms with E-state index in [0.29, 0.717) is 35.5 Å². The Morgan fingerprint density at radius 3 is 2.62 bits per heavy atom. The summed E-state index contributed by atoms with van der Waals surface area (Å²) in [6.07, 6.45) is 12.7. The number of benzene rings is 2. The molecule has 1 atom stereocenters. The van der Waals surface area contributed by atoms with Crippen molar-refractivity contribution in [1.82, 2.24) is 9.47 Å². The van der Waals surface area contributed by atoms with Gasteiger partial charge in [0.05, 0.1) is 10.9 Å². The van der Waals surface area contributed by atoms with Gasteiger partial charge >= 0.3 is 11.7 Å². The summed E-state index contributed by atoms with van der Waals surface area (Å²) >= 11 is 0. The molecule has 3 saturated heterocycles. The maximum Gasteiger partial charge on any atom is 0.419 e. The minimum atomic E-state index is -0.572. The summed E-state index contributed by atoms with van der Waals surface area (Å²) in [5.41, 5.74) is 3.10. The fourth-order valence-corrected chi connectivity index (χ4v) is 6.79. The van der Waals surface area contributed by atoms with Gasteiger partial charge in [-0.3, -0.25) is 19.1 Å². The van der Waals surface area contributed by atoms with Crippen LogP contribution < -0.4 is 5.76 Å². The maximum atomic E-state index is 13.8. The number of carbonyl (C=O) groups is 2. The molecule has 1 saturated carbocycles. The third kappa shape index (κ3) is 5.12. The van der Waals surface area contributed by atoms with E-state index in [-0.39, 0.29) is 12.1 Å². The van der Waals surface area contributed by atoms with E-state index < -0.39 is 11.2 Å². The molecule has 2 aromatic carbocycles. The van der Waals surface area contributed by atoms with Crippen LogP contribution in [-0.4, -0.2) is 47.5 Å². The smallest absolute Gasteiger partial charge is 0.419 e. The van der Waals surface area contributed by atoms with Crippen molar-refractivity contribution in [2.24, 2.45) is 5.92 Å². The lowest BCUT2D eigenvalue weighted by Gasteiger charge is -2.45. The van der Waals surface area contributed by atoms with E-state index in [1.165, 1.54) is 0 Å². The summed E-state index contributed by atoms with van der Waals surface area (Å²) in [4.78, 5) is 39.6. The normalized spacial score (nSPS) is 24.3. The molecule has 39 heavy (non-hydrogen) atoms. The van der Waals surface area contributed by atoms with E-state index in [2.05, 4.69) is 29.2 Å². The number of hydrogen-bond donors (Lipinski definition) is 0. The van der Waals surface area contributed by atoms with Crippen molar-refractivity contribution < 1.29 is 18.7 Å². The zero-order valence-electron chi connectivity index (χ0n) is 22.3. The molecule has 3 aromatic rings. The first-order chi connectivity index (χ1) is 19.1. The molecule has 0 spiro atoms. The van der Waals surface area contributed by atoms with Crippen LogP contribution in [0.2, 0.25) is 0 Å². The number of piperidine rings is 3. The molecule has 4 aliphatic rings. The molecule has 4 heterocycles. The number of aldehydes is 1. The summed E-state index contributed by atoms with van der Waals surface area (Å²) in [5.74, 6) is 0.0380. The highest BCUT2D eigenvalue weighted by atomic mass is 16.5. The standard InChI is InChI=1S/C32H36N2O5/c35-22-24-10-11-27-28(20-24)39-31(37)34(27)16-5-2-7-23-8-6-9-26(19-23)32(14-3-1-4-15-32)30(36)38-29-21-33-17-12-25(29)13-18-33/h2,6-11,19-20,22,25,29H,1,3-5,12-18,21H2/b7-2+/t29-/m0/s1. The fourth-order valence-electron chi connectivity index (χ4n) is 6.79. The Kier molecular flexibility index (Phi) is 7.26. The molecule has 1 aliphatic carbocycles. The van der Waals surface area contributed by atoms with E-state index in [4.69, 9.17) is 9.15 Å². The van der Waals surface area contributed by atoms with Crippen molar-refractivity contribution in [2.45, 2.75) is 69.4 Å². The summed E-state index contributed by atoms with van der Waals surface area (Å²) < 4.78 is 13.2. The van der Waals surface area contributed by atoms with Gasteiger partial charge in [0.25, 0.3) is 0 Å². The number of aryl methyl sites for hydroxylation is 1. The Hall–Kier alpha value is -3.45. The van der Waals surface area contributed by atoms with Crippen LogP contribution in [-0.2, 0) is 21.5 Å². The Labute approximate surface area is 228 Å². The number of ether oxygens (including phenoxy) is 1. The molecule has 4 fully saturated rings. The number of nitrogens with zero attached hydrogens (tertiary/aromatic N) is 2. The number of oxazole rings is 1. The molecule has 0 amide bonds. The van der Waals surface area contributed by atoms with E-state index in [1.807, 2.05) is 12.1 Å². The van der Waals surface area contributed by atoms with Gasteiger partial charge in [-0.25, -0.2) is 4.79 Å². The maximum absolute atomic E-state index is 13.8. The predicted octanol–water partition coefficient (Wildman–Crippen LogP) is 5.35. The molecule has 3 aliphatic heterocycles. The van der Waals surface area contributed by atoms with Gasteiger partial charge in [-0.1, -0.05) is 55.7 Å². The fraction of sp³-hybridized carbons (Fsp3) is 0.469. The lowest BCUT2D eigenvalue weighted by Crippen LogP contribution is -2.53. The summed E-state index contributed by atoms with van der Waals surface area (Å²) in [6.45, 7) is 3.61. The molecular weight excluding hydrogens is 492 g/mol. The molecule has 2 bridgehead atoms. The average Bonchev–Trinajstić information content (AvgIpc) is 3.30. The molecule has 7 rings (SSSR count). The molecule has 0 N–H and O–H groups in total. The molecule has 1 aromatic heterocycles. The summed E-state index contributed by atoms with van der Waals surface area (Å²) in [5, 5.41) is 0. The second-order valence-corrected chi connectivity index (χ2v) is 11.4. The minimum absolute atomic E-state index is 0.0225. The summed E-state index contributed by atoms with van der Waals surface area (Å²) in [7, 11) is 0. The van der Waals surface area contributed by atoms with Crippen LogP contribution in [0.5, 0.6) is 0 Å². The quantitative estimate of drug-likeness (QED) is 0.290. The first kappa shape index (κ1) is 25.8. The van der Waals surface area contributed by atoms with Crippen molar-refractivity contribution >= 4 is 29.4 Å². The number of carbonyl (C=O) groups excluding carboxylic acids is 2. The minimum Gasteiger partial charge on any atom is -0.460 e. The van der Waals surface area contributed by atoms with Crippen LogP contribution in [0.4, 0.5) is 0 Å². The van der Waals surface area contributed by atoms with Crippen LogP contribution in [0.3, 0.4) is 0 Å². The highest BCUT2D eigenvalue weighted by Crippen LogP contribution is 2.42. The first-order valence-electron chi connectivity index (χ1n) is 14.3. The number of fused-ring (bicyclic) bond motifs is 4. The molecule has 0 unspecified atom stereocenters. The van der Waals surface area contributed by atoms with Crippen molar-refractivity contribution in [3.8, 4) is 0 Å². The van der Waals surface area contributed by atoms with Gasteiger partial charge in [0.15, 0.2) is 5.58 Å². The Morgan fingerprint density at radius 2 is 1.87 bits per heavy atom. The van der Waals surface area contributed by atoms with E-state index >= 15 is 0 Å². The van der Waals surface area contributed by atoms with Crippen LogP contribution in [0.15, 0.2) is 57.8 Å². The van der Waals surface area contributed by atoms with Crippen molar-refractivity contribution in [3.63, 3.8) is 0 Å². The zero-order valence-corrected chi connectivity index (χ0v) is 22.3. The van der Waals surface area contributed by atoms with Crippen LogP contribution in [0.25, 0.3) is 17.2 Å². The molecule has 7 heteroatoms. The first-order valence-corrected chi connectivity index (χ1v) is 14.3. The summed E-state index contributed by atoms with van der Waals surface area (Å²) in [6, 6.07) is 13.3. The van der Waals surface area contributed by atoms with Gasteiger partial charge in [0.2, 0.25) is 0 Å². The second kappa shape index (κ2) is 11.0. The van der Waals surface area contributed by atoms with Gasteiger partial charge in [0.1, 0.15) is 12.4 Å². The van der Waals surface area contributed by atoms with Gasteiger partial charge in [-0.15, -0.1) is 0 Å². The van der Waals surface area contributed by atoms with Gasteiger partial charge in [-0.2, -0.15) is 0 Å². The second-order valence-electron chi connectivity index (χ2n) is 11.4. The van der Waals surface area contributed by atoms with Crippen molar-refractivity contribution in [2.75, 3.05) is 19.6 Å². The topological polar surface area (TPSA) is 81.8 Å².